The van der Waals surface area contributed by atoms with Crippen LogP contribution in [0.4, 0.5) is 9.18 Å². The normalized spacial score (nSPS) is 26.3. The summed E-state index contributed by atoms with van der Waals surface area (Å²) in [6.07, 6.45) is 5.24. The fourth-order valence-corrected chi connectivity index (χ4v) is 3.96. The van der Waals surface area contributed by atoms with E-state index in [1.807, 2.05) is 0 Å². The van der Waals surface area contributed by atoms with E-state index in [1.54, 1.807) is 4.90 Å². The molecule has 2 heterocycles. The average molecular weight is 335 g/mol. The van der Waals surface area contributed by atoms with Gasteiger partial charge in [-0.15, -0.1) is 0 Å². The Labute approximate surface area is 141 Å². The van der Waals surface area contributed by atoms with E-state index in [-0.39, 0.29) is 5.56 Å². The van der Waals surface area contributed by atoms with Crippen molar-refractivity contribution in [1.82, 2.24) is 5.32 Å². The molecule has 0 radical (unpaired) electrons. The highest BCUT2D eigenvalue weighted by Crippen LogP contribution is 2.20. The third-order valence-corrected chi connectivity index (χ3v) is 5.18. The number of ether oxygens (including phenoxy) is 1. The lowest BCUT2D eigenvalue weighted by atomic mass is 9.84. The van der Waals surface area contributed by atoms with Crippen LogP contribution >= 0.6 is 0 Å². The molecule has 1 aromatic rings. The van der Waals surface area contributed by atoms with E-state index < -0.39 is 17.8 Å². The number of halogens is 1. The van der Waals surface area contributed by atoms with Crippen molar-refractivity contribution in [3.05, 3.63) is 35.6 Å². The van der Waals surface area contributed by atoms with E-state index in [1.165, 1.54) is 56.6 Å². The molecule has 5 nitrogen and oxygen atoms in total. The second-order valence-corrected chi connectivity index (χ2v) is 6.72. The van der Waals surface area contributed by atoms with Crippen molar-refractivity contribution in [3.8, 4) is 0 Å². The molecular formula is C18H24FN2O3+. The van der Waals surface area contributed by atoms with Gasteiger partial charge in [-0.05, 0) is 56.4 Å². The molecule has 0 spiro atoms. The maximum absolute atomic E-state index is 12.8. The van der Waals surface area contributed by atoms with Gasteiger partial charge in [0, 0.05) is 11.5 Å². The molecule has 0 saturated carbocycles. The Kier molecular flexibility index (Phi) is 5.45. The van der Waals surface area contributed by atoms with Crippen molar-refractivity contribution in [3.63, 3.8) is 0 Å². The van der Waals surface area contributed by atoms with Crippen LogP contribution in [-0.2, 0) is 4.74 Å². The molecule has 2 saturated heterocycles. The Balaban J connectivity index is 1.48. The monoisotopic (exact) mass is 335 g/mol. The fraction of sp³-hybridized carbons (Fsp3) is 0.556. The molecule has 3 rings (SSSR count). The number of hydrogen-bond acceptors (Lipinski definition) is 3. The second-order valence-electron chi connectivity index (χ2n) is 6.72. The van der Waals surface area contributed by atoms with Crippen molar-refractivity contribution >= 4 is 12.0 Å². The Morgan fingerprint density at radius 1 is 1.12 bits per heavy atom. The van der Waals surface area contributed by atoms with E-state index in [2.05, 4.69) is 5.32 Å². The summed E-state index contributed by atoms with van der Waals surface area (Å²) in [6, 6.07) is 5.61. The van der Waals surface area contributed by atoms with E-state index in [0.717, 1.165) is 12.8 Å². The number of nitrogens with one attached hydrogen (secondary N) is 2. The highest BCUT2D eigenvalue weighted by molar-refractivity contribution is 6.02. The van der Waals surface area contributed by atoms with Gasteiger partial charge < -0.3 is 9.64 Å². The molecule has 2 aliphatic heterocycles. The van der Waals surface area contributed by atoms with Gasteiger partial charge in [-0.25, -0.2) is 9.18 Å². The van der Waals surface area contributed by atoms with Crippen LogP contribution < -0.4 is 10.2 Å². The van der Waals surface area contributed by atoms with E-state index in [0.29, 0.717) is 18.6 Å². The smallest absolute Gasteiger partial charge is 0.414 e. The SMILES string of the molecule is O=C(NC(=O)c1ccc(F)cc1)OC[C@@H]1CCC[NH+]2CCCC[C@H]12. The Morgan fingerprint density at radius 2 is 1.88 bits per heavy atom. The van der Waals surface area contributed by atoms with Crippen LogP contribution in [0.2, 0.25) is 0 Å². The first-order valence-electron chi connectivity index (χ1n) is 8.72. The van der Waals surface area contributed by atoms with Crippen LogP contribution in [-0.4, -0.2) is 37.7 Å². The predicted molar refractivity (Wildman–Crippen MR) is 86.3 cm³/mol. The Morgan fingerprint density at radius 3 is 2.67 bits per heavy atom. The number of carbonyl (C=O) groups excluding carboxylic acids is 2. The maximum Gasteiger partial charge on any atom is 0.414 e. The number of imide groups is 1. The van der Waals surface area contributed by atoms with E-state index in [9.17, 15) is 14.0 Å². The largest absolute Gasteiger partial charge is 0.449 e. The first kappa shape index (κ1) is 16.9. The molecule has 2 N–H and O–H groups in total. The third kappa shape index (κ3) is 4.12. The third-order valence-electron chi connectivity index (χ3n) is 5.18. The topological polar surface area (TPSA) is 59.8 Å². The van der Waals surface area contributed by atoms with Crippen molar-refractivity contribution in [2.45, 2.75) is 38.1 Å². The molecular weight excluding hydrogens is 311 g/mol. The van der Waals surface area contributed by atoms with E-state index >= 15 is 0 Å². The summed E-state index contributed by atoms with van der Waals surface area (Å²) >= 11 is 0. The predicted octanol–water partition coefficient (Wildman–Crippen LogP) is 1.54. The van der Waals surface area contributed by atoms with E-state index in [4.69, 9.17) is 4.74 Å². The van der Waals surface area contributed by atoms with Crippen molar-refractivity contribution in [2.24, 2.45) is 5.92 Å². The Hall–Kier alpha value is -1.95. The van der Waals surface area contributed by atoms with Gasteiger partial charge in [0.15, 0.2) is 0 Å². The molecule has 0 bridgehead atoms. The lowest BCUT2D eigenvalue weighted by molar-refractivity contribution is -0.940. The van der Waals surface area contributed by atoms with Crippen LogP contribution in [0.25, 0.3) is 0 Å². The minimum absolute atomic E-state index is 0.230. The molecule has 2 aliphatic rings. The summed E-state index contributed by atoms with van der Waals surface area (Å²) < 4.78 is 18.1. The standard InChI is InChI=1S/C18H23FN2O3/c19-15-8-6-13(7-9-15)17(22)20-18(23)24-12-14-4-3-11-21-10-2-1-5-16(14)21/h6-9,14,16H,1-5,10-12H2,(H,20,22,23)/p+1/t14-,16+/m0/s1. The number of fused-ring (bicyclic) bond motifs is 1. The summed E-state index contributed by atoms with van der Waals surface area (Å²) in [6.45, 7) is 2.80. The minimum atomic E-state index is -0.729. The molecule has 1 unspecified atom stereocenters. The lowest BCUT2D eigenvalue weighted by Crippen LogP contribution is -3.18. The van der Waals surface area contributed by atoms with Crippen LogP contribution in [0, 0.1) is 11.7 Å². The van der Waals surface area contributed by atoms with Gasteiger partial charge in [-0.2, -0.15) is 0 Å². The quantitative estimate of drug-likeness (QED) is 0.881. The van der Waals surface area contributed by atoms with Gasteiger partial charge >= 0.3 is 6.09 Å². The zero-order chi connectivity index (χ0) is 16.9. The summed E-state index contributed by atoms with van der Waals surface area (Å²) in [5, 5.41) is 2.20. The number of rotatable bonds is 3. The van der Waals surface area contributed by atoms with Crippen LogP contribution in [0.5, 0.6) is 0 Å². The van der Waals surface area contributed by atoms with Gasteiger partial charge in [0.1, 0.15) is 12.4 Å². The van der Waals surface area contributed by atoms with Crippen LogP contribution in [0.15, 0.2) is 24.3 Å². The Bertz CT molecular complexity index is 588. The number of piperidine rings is 2. The zero-order valence-electron chi connectivity index (χ0n) is 13.7. The van der Waals surface area contributed by atoms with Crippen LogP contribution in [0.3, 0.4) is 0 Å². The molecule has 130 valence electrons. The molecule has 0 aliphatic carbocycles. The summed E-state index contributed by atoms with van der Waals surface area (Å²) in [5.74, 6) is -0.625. The molecule has 24 heavy (non-hydrogen) atoms. The first-order chi connectivity index (χ1) is 11.6. The van der Waals surface area contributed by atoms with Crippen molar-refractivity contribution in [1.29, 1.82) is 0 Å². The van der Waals surface area contributed by atoms with Crippen molar-refractivity contribution in [2.75, 3.05) is 19.7 Å². The molecule has 1 aromatic carbocycles. The fourth-order valence-electron chi connectivity index (χ4n) is 3.96. The highest BCUT2D eigenvalue weighted by atomic mass is 19.1. The lowest BCUT2D eigenvalue weighted by Gasteiger charge is -2.40. The number of quaternary nitrogens is 1. The van der Waals surface area contributed by atoms with Gasteiger partial charge in [0.25, 0.3) is 5.91 Å². The van der Waals surface area contributed by atoms with Gasteiger partial charge in [0.05, 0.1) is 19.1 Å². The summed E-state index contributed by atoms with van der Waals surface area (Å²) in [4.78, 5) is 25.4. The summed E-state index contributed by atoms with van der Waals surface area (Å²) in [7, 11) is 0. The number of benzene rings is 1. The molecule has 0 aromatic heterocycles. The number of carbonyl (C=O) groups is 2. The molecule has 6 heteroatoms. The van der Waals surface area contributed by atoms with Gasteiger partial charge in [-0.1, -0.05) is 0 Å². The number of amides is 2. The highest BCUT2D eigenvalue weighted by Gasteiger charge is 2.37. The molecule has 3 atom stereocenters. The summed E-state index contributed by atoms with van der Waals surface area (Å²) in [5.41, 5.74) is 0.230. The second kappa shape index (κ2) is 7.75. The minimum Gasteiger partial charge on any atom is -0.449 e. The zero-order valence-corrected chi connectivity index (χ0v) is 13.7. The first-order valence-corrected chi connectivity index (χ1v) is 8.72. The van der Waals surface area contributed by atoms with Crippen LogP contribution in [0.1, 0.15) is 42.5 Å². The number of alkyl carbamates (subject to hydrolysis) is 1. The maximum atomic E-state index is 12.8. The molecule has 2 fully saturated rings. The average Bonchev–Trinajstić information content (AvgIpc) is 2.60. The van der Waals surface area contributed by atoms with Gasteiger partial charge in [-0.3, -0.25) is 10.1 Å². The molecule has 2 amide bonds. The van der Waals surface area contributed by atoms with Crippen molar-refractivity contribution < 1.29 is 23.6 Å². The van der Waals surface area contributed by atoms with Gasteiger partial charge in [0.2, 0.25) is 0 Å². The number of hydrogen-bond donors (Lipinski definition) is 2.